The summed E-state index contributed by atoms with van der Waals surface area (Å²) < 4.78 is 20.9. The minimum absolute atomic E-state index is 0.112. The second-order valence-corrected chi connectivity index (χ2v) is 9.42. The summed E-state index contributed by atoms with van der Waals surface area (Å²) in [6.45, 7) is 6.57. The maximum absolute atomic E-state index is 15.3. The van der Waals surface area contributed by atoms with Crippen molar-refractivity contribution in [3.8, 4) is 0 Å². The van der Waals surface area contributed by atoms with E-state index in [-0.39, 0.29) is 17.8 Å². The number of carbonyl (C=O) groups is 2. The number of likely N-dealkylation sites (tertiary alicyclic amines) is 1. The van der Waals surface area contributed by atoms with Crippen LogP contribution in [0, 0.1) is 5.82 Å². The van der Waals surface area contributed by atoms with Crippen molar-refractivity contribution < 1.29 is 18.7 Å². The Kier molecular flexibility index (Phi) is 4.91. The first kappa shape index (κ1) is 19.9. The van der Waals surface area contributed by atoms with E-state index in [1.807, 2.05) is 20.8 Å². The normalized spacial score (nSPS) is 21.2. The van der Waals surface area contributed by atoms with Crippen LogP contribution < -0.4 is 5.73 Å². The molecule has 5 nitrogen and oxygen atoms in total. The molecule has 1 aromatic rings. The van der Waals surface area contributed by atoms with Gasteiger partial charge in [0.1, 0.15) is 11.4 Å². The van der Waals surface area contributed by atoms with Crippen molar-refractivity contribution in [2.24, 2.45) is 5.73 Å². The molecule has 0 aromatic heterocycles. The zero-order valence-corrected chi connectivity index (χ0v) is 17.4. The second-order valence-electron chi connectivity index (χ2n) is 9.42. The van der Waals surface area contributed by atoms with Gasteiger partial charge in [-0.2, -0.15) is 0 Å². The van der Waals surface area contributed by atoms with Crippen LogP contribution in [-0.2, 0) is 11.2 Å². The fourth-order valence-electron chi connectivity index (χ4n) is 5.08. The van der Waals surface area contributed by atoms with Crippen LogP contribution in [0.1, 0.15) is 85.8 Å². The Labute approximate surface area is 171 Å². The van der Waals surface area contributed by atoms with E-state index in [0.717, 1.165) is 43.2 Å². The number of halogens is 1. The number of amides is 2. The van der Waals surface area contributed by atoms with Crippen molar-refractivity contribution in [3.63, 3.8) is 0 Å². The molecular formula is C23H29FN2O3. The Morgan fingerprint density at radius 3 is 2.69 bits per heavy atom. The second kappa shape index (κ2) is 7.15. The highest BCUT2D eigenvalue weighted by Gasteiger charge is 2.37. The summed E-state index contributed by atoms with van der Waals surface area (Å²) in [7, 11) is 0. The summed E-state index contributed by atoms with van der Waals surface area (Å²) in [5, 5.41) is 0. The van der Waals surface area contributed by atoms with Crippen molar-refractivity contribution in [2.45, 2.75) is 70.8 Å². The van der Waals surface area contributed by atoms with Crippen molar-refractivity contribution in [1.29, 1.82) is 0 Å². The molecule has 0 bridgehead atoms. The largest absolute Gasteiger partial charge is 0.444 e. The van der Waals surface area contributed by atoms with E-state index in [9.17, 15) is 9.59 Å². The highest BCUT2D eigenvalue weighted by atomic mass is 19.1. The lowest BCUT2D eigenvalue weighted by molar-refractivity contribution is 0.0197. The summed E-state index contributed by atoms with van der Waals surface area (Å²) in [6.07, 6.45) is 4.92. The Morgan fingerprint density at radius 2 is 2.00 bits per heavy atom. The Bertz CT molecular complexity index is 914. The van der Waals surface area contributed by atoms with Crippen molar-refractivity contribution >= 4 is 17.6 Å². The van der Waals surface area contributed by atoms with Gasteiger partial charge in [0, 0.05) is 30.1 Å². The van der Waals surface area contributed by atoms with E-state index in [1.54, 1.807) is 4.90 Å². The smallest absolute Gasteiger partial charge is 0.410 e. The molecule has 1 saturated heterocycles. The van der Waals surface area contributed by atoms with Gasteiger partial charge < -0.3 is 15.4 Å². The molecule has 1 aromatic carbocycles. The minimum Gasteiger partial charge on any atom is -0.444 e. The van der Waals surface area contributed by atoms with Crippen LogP contribution in [0.25, 0.3) is 5.57 Å². The quantitative estimate of drug-likeness (QED) is 0.793. The molecule has 1 heterocycles. The number of primary amides is 1. The molecule has 0 radical (unpaired) electrons. The lowest BCUT2D eigenvalue weighted by Gasteiger charge is -2.35. The van der Waals surface area contributed by atoms with Crippen LogP contribution in [0.2, 0.25) is 0 Å². The fourth-order valence-corrected chi connectivity index (χ4v) is 5.08. The zero-order chi connectivity index (χ0) is 20.9. The van der Waals surface area contributed by atoms with Gasteiger partial charge in [0.2, 0.25) is 5.91 Å². The van der Waals surface area contributed by atoms with Gasteiger partial charge in [-0.05, 0) is 82.1 Å². The molecule has 156 valence electrons. The van der Waals surface area contributed by atoms with E-state index >= 15 is 4.39 Å². The first-order valence-corrected chi connectivity index (χ1v) is 10.5. The number of nitrogens with two attached hydrogens (primary N) is 1. The molecule has 1 fully saturated rings. The molecule has 6 heteroatoms. The number of fused-ring (bicyclic) bond motifs is 2. The van der Waals surface area contributed by atoms with Gasteiger partial charge in [-0.1, -0.05) is 5.57 Å². The van der Waals surface area contributed by atoms with Crippen molar-refractivity contribution in [2.75, 3.05) is 13.1 Å². The molecule has 4 rings (SSSR count). The summed E-state index contributed by atoms with van der Waals surface area (Å²) in [4.78, 5) is 26.2. The third kappa shape index (κ3) is 3.65. The van der Waals surface area contributed by atoms with E-state index in [2.05, 4.69) is 0 Å². The zero-order valence-electron chi connectivity index (χ0n) is 17.4. The molecule has 1 aliphatic heterocycles. The number of nitrogens with zero attached hydrogens (tertiary/aromatic N) is 1. The van der Waals surface area contributed by atoms with Gasteiger partial charge in [0.15, 0.2) is 0 Å². The van der Waals surface area contributed by atoms with E-state index in [1.165, 1.54) is 17.2 Å². The fraction of sp³-hybridized carbons (Fsp3) is 0.565. The van der Waals surface area contributed by atoms with Crippen molar-refractivity contribution in [3.05, 3.63) is 39.7 Å². The van der Waals surface area contributed by atoms with Crippen LogP contribution in [0.15, 0.2) is 11.6 Å². The number of piperidine rings is 1. The van der Waals surface area contributed by atoms with Crippen LogP contribution >= 0.6 is 0 Å². The average Bonchev–Trinajstić information content (AvgIpc) is 3.21. The summed E-state index contributed by atoms with van der Waals surface area (Å²) in [6, 6.07) is 1.31. The maximum atomic E-state index is 15.3. The molecule has 29 heavy (non-hydrogen) atoms. The first-order chi connectivity index (χ1) is 13.7. The van der Waals surface area contributed by atoms with Crippen LogP contribution in [0.4, 0.5) is 9.18 Å². The Balaban J connectivity index is 1.71. The number of allylic oxidation sites excluding steroid dienone is 2. The van der Waals surface area contributed by atoms with Crippen LogP contribution in [-0.4, -0.2) is 35.6 Å². The van der Waals surface area contributed by atoms with Crippen molar-refractivity contribution in [1.82, 2.24) is 4.90 Å². The topological polar surface area (TPSA) is 72.6 Å². The average molecular weight is 400 g/mol. The monoisotopic (exact) mass is 400 g/mol. The lowest BCUT2D eigenvalue weighted by atomic mass is 9.82. The Hall–Kier alpha value is -2.37. The number of ether oxygens (including phenoxy) is 1. The minimum atomic E-state index is -0.577. The predicted octanol–water partition coefficient (Wildman–Crippen LogP) is 4.53. The molecule has 2 amide bonds. The summed E-state index contributed by atoms with van der Waals surface area (Å²) in [5.74, 6) is -1.07. The highest BCUT2D eigenvalue weighted by molar-refractivity contribution is 5.98. The van der Waals surface area contributed by atoms with Crippen LogP contribution in [0.3, 0.4) is 0 Å². The van der Waals surface area contributed by atoms with Gasteiger partial charge in [-0.25, -0.2) is 9.18 Å². The molecular weight excluding hydrogens is 371 g/mol. The van der Waals surface area contributed by atoms with Gasteiger partial charge >= 0.3 is 6.09 Å². The molecule has 0 spiro atoms. The van der Waals surface area contributed by atoms with E-state index in [4.69, 9.17) is 10.5 Å². The number of hydrogen-bond acceptors (Lipinski definition) is 3. The van der Waals surface area contributed by atoms with E-state index in [0.29, 0.717) is 30.6 Å². The number of carbonyl (C=O) groups excluding carboxylic acids is 2. The first-order valence-electron chi connectivity index (χ1n) is 10.5. The SMILES string of the molecule is CC(C)(C)OC(=O)N1CCCC(c2c(F)cc(C(N)=O)c3c2C2=C(CCC2)C3)C1. The van der Waals surface area contributed by atoms with E-state index < -0.39 is 11.5 Å². The van der Waals surface area contributed by atoms with Gasteiger partial charge in [0.25, 0.3) is 0 Å². The molecule has 1 atom stereocenters. The lowest BCUT2D eigenvalue weighted by Crippen LogP contribution is -2.42. The molecule has 0 saturated carbocycles. The third-order valence-electron chi connectivity index (χ3n) is 6.20. The number of hydrogen-bond donors (Lipinski definition) is 1. The molecule has 2 aliphatic carbocycles. The molecule has 3 aliphatic rings. The molecule has 1 unspecified atom stereocenters. The number of benzene rings is 1. The summed E-state index contributed by atoms with van der Waals surface area (Å²) in [5.41, 5.74) is 10.3. The van der Waals surface area contributed by atoms with Gasteiger partial charge in [0.05, 0.1) is 0 Å². The third-order valence-corrected chi connectivity index (χ3v) is 6.20. The Morgan fingerprint density at radius 1 is 1.24 bits per heavy atom. The summed E-state index contributed by atoms with van der Waals surface area (Å²) >= 11 is 0. The highest BCUT2D eigenvalue weighted by Crippen LogP contribution is 2.48. The van der Waals surface area contributed by atoms with Gasteiger partial charge in [-0.3, -0.25) is 4.79 Å². The predicted molar refractivity (Wildman–Crippen MR) is 109 cm³/mol. The maximum Gasteiger partial charge on any atom is 0.410 e. The van der Waals surface area contributed by atoms with Gasteiger partial charge in [-0.15, -0.1) is 0 Å². The molecule has 2 N–H and O–H groups in total. The standard InChI is InChI=1S/C23H29FN2O3/c1-23(2,3)29-22(28)26-9-5-7-14(12-26)19-18(24)11-17(21(25)27)16-10-13-6-4-8-15(13)20(16)19/h11,14H,4-10,12H2,1-3H3,(H2,25,27). The van der Waals surface area contributed by atoms with Crippen LogP contribution in [0.5, 0.6) is 0 Å². The number of rotatable bonds is 2.